The van der Waals surface area contributed by atoms with Crippen LogP contribution in [0.2, 0.25) is 0 Å². The molecule has 0 aliphatic carbocycles. The minimum absolute atomic E-state index is 0.0668. The monoisotopic (exact) mass is 495 g/mol. The Hall–Kier alpha value is -3.31. The number of hydrogen-bond donors (Lipinski definition) is 3. The Morgan fingerprint density at radius 3 is 2.58 bits per heavy atom. The van der Waals surface area contributed by atoms with E-state index in [4.69, 9.17) is 9.31 Å². The van der Waals surface area contributed by atoms with Crippen molar-refractivity contribution >= 4 is 24.9 Å². The van der Waals surface area contributed by atoms with E-state index in [-0.39, 0.29) is 24.1 Å². The number of nitrogens with zero attached hydrogens (tertiary/aromatic N) is 2. The Bertz CT molecular complexity index is 1010. The fourth-order valence-electron chi connectivity index (χ4n) is 3.97. The Morgan fingerprint density at radius 1 is 1.17 bits per heavy atom. The van der Waals surface area contributed by atoms with E-state index >= 15 is 0 Å². The van der Waals surface area contributed by atoms with Crippen molar-refractivity contribution in [2.75, 3.05) is 6.61 Å². The van der Waals surface area contributed by atoms with Gasteiger partial charge in [-0.15, -0.1) is 0 Å². The summed E-state index contributed by atoms with van der Waals surface area (Å²) in [5, 5.41) is 8.87. The number of aromatic nitrogens is 2. The van der Waals surface area contributed by atoms with Crippen molar-refractivity contribution in [2.24, 2.45) is 5.92 Å². The summed E-state index contributed by atoms with van der Waals surface area (Å²) in [6, 6.07) is 7.92. The van der Waals surface area contributed by atoms with Crippen LogP contribution in [0.15, 0.2) is 48.9 Å². The molecule has 0 saturated carbocycles. The molecule has 2 heterocycles. The maximum atomic E-state index is 13.5. The van der Waals surface area contributed by atoms with Gasteiger partial charge in [0, 0.05) is 31.5 Å². The topological polar surface area (TPSA) is 132 Å². The van der Waals surface area contributed by atoms with Crippen molar-refractivity contribution < 1.29 is 23.7 Å². The summed E-state index contributed by atoms with van der Waals surface area (Å²) in [6.45, 7) is 7.97. The van der Waals surface area contributed by atoms with Gasteiger partial charge in [-0.25, -0.2) is 4.98 Å². The molecule has 3 N–H and O–H groups in total. The molecule has 11 heteroatoms. The molecule has 2 aromatic rings. The van der Waals surface area contributed by atoms with Gasteiger partial charge in [0.2, 0.25) is 5.91 Å². The predicted molar refractivity (Wildman–Crippen MR) is 135 cm³/mol. The van der Waals surface area contributed by atoms with Gasteiger partial charge in [-0.2, -0.15) is 0 Å². The first-order valence-electron chi connectivity index (χ1n) is 12.2. The zero-order chi connectivity index (χ0) is 26.1. The van der Waals surface area contributed by atoms with Gasteiger partial charge in [0.15, 0.2) is 0 Å². The number of nitrogens with one attached hydrogen (secondary N) is 3. The average molecular weight is 495 g/mol. The standard InChI is InChI=1S/C25H34BN5O5/c1-16(2)12-22(26-35-15-17(3)29-18(4)25(34)36-26)31-23(32)20(13-19-8-6-5-7-9-19)30-24(33)21-14-27-10-11-28-21/h5-11,14,16-18,20,22,29H,12-13,15H2,1-4H3,(H,30,33)(H,31,32)/t17-,18+,20+,22+/m1/s1. The Labute approximate surface area is 212 Å². The highest BCUT2D eigenvalue weighted by Crippen LogP contribution is 2.14. The molecule has 0 unspecified atom stereocenters. The van der Waals surface area contributed by atoms with Crippen LogP contribution in [0.4, 0.5) is 0 Å². The highest BCUT2D eigenvalue weighted by Gasteiger charge is 2.40. The van der Waals surface area contributed by atoms with Crippen molar-refractivity contribution in [3.8, 4) is 0 Å². The van der Waals surface area contributed by atoms with Crippen LogP contribution in [0.5, 0.6) is 0 Å². The van der Waals surface area contributed by atoms with Gasteiger partial charge in [0.1, 0.15) is 17.8 Å². The molecule has 1 fully saturated rings. The molecule has 1 aliphatic heterocycles. The largest absolute Gasteiger partial charge is 0.551 e. The van der Waals surface area contributed by atoms with E-state index in [1.165, 1.54) is 18.6 Å². The fraction of sp³-hybridized carbons (Fsp3) is 0.480. The van der Waals surface area contributed by atoms with Gasteiger partial charge >= 0.3 is 13.1 Å². The first kappa shape index (κ1) is 27.3. The van der Waals surface area contributed by atoms with Crippen LogP contribution in [-0.2, 0) is 25.3 Å². The lowest BCUT2D eigenvalue weighted by Gasteiger charge is -2.31. The van der Waals surface area contributed by atoms with Gasteiger partial charge < -0.3 is 19.9 Å². The molecule has 2 amide bonds. The molecule has 36 heavy (non-hydrogen) atoms. The molecule has 0 radical (unpaired) electrons. The second-order valence-electron chi connectivity index (χ2n) is 9.48. The van der Waals surface area contributed by atoms with Crippen LogP contribution in [-0.4, -0.2) is 65.5 Å². The summed E-state index contributed by atoms with van der Waals surface area (Å²) in [4.78, 5) is 46.8. The molecule has 192 valence electrons. The van der Waals surface area contributed by atoms with Crippen molar-refractivity contribution in [3.05, 3.63) is 60.2 Å². The average Bonchev–Trinajstić information content (AvgIpc) is 2.85. The summed E-state index contributed by atoms with van der Waals surface area (Å²) in [7, 11) is -0.955. The van der Waals surface area contributed by atoms with Crippen molar-refractivity contribution in [1.29, 1.82) is 0 Å². The van der Waals surface area contributed by atoms with Crippen molar-refractivity contribution in [3.63, 3.8) is 0 Å². The summed E-state index contributed by atoms with van der Waals surface area (Å²) >= 11 is 0. The molecule has 1 aromatic heterocycles. The second kappa shape index (κ2) is 13.1. The van der Waals surface area contributed by atoms with Gasteiger partial charge in [-0.1, -0.05) is 44.2 Å². The number of benzene rings is 1. The van der Waals surface area contributed by atoms with E-state index in [0.717, 1.165) is 5.56 Å². The smallest absolute Gasteiger partial charge is 0.507 e. The van der Waals surface area contributed by atoms with Crippen LogP contribution in [0.3, 0.4) is 0 Å². The van der Waals surface area contributed by atoms with E-state index in [2.05, 4.69) is 25.9 Å². The number of carbonyl (C=O) groups is 3. The van der Waals surface area contributed by atoms with Crippen LogP contribution >= 0.6 is 0 Å². The first-order chi connectivity index (χ1) is 17.2. The molecule has 3 rings (SSSR count). The number of amides is 2. The molecular weight excluding hydrogens is 461 g/mol. The molecule has 1 aliphatic rings. The van der Waals surface area contributed by atoms with Gasteiger partial charge in [-0.3, -0.25) is 24.7 Å². The van der Waals surface area contributed by atoms with Crippen LogP contribution < -0.4 is 16.0 Å². The Morgan fingerprint density at radius 2 is 1.92 bits per heavy atom. The van der Waals surface area contributed by atoms with E-state index in [0.29, 0.717) is 13.0 Å². The maximum absolute atomic E-state index is 13.5. The molecular formula is C25H34BN5O5. The van der Waals surface area contributed by atoms with E-state index in [1.807, 2.05) is 51.1 Å². The highest BCUT2D eigenvalue weighted by atomic mass is 16.6. The zero-order valence-electron chi connectivity index (χ0n) is 21.1. The lowest BCUT2D eigenvalue weighted by atomic mass is 9.73. The third kappa shape index (κ3) is 8.13. The lowest BCUT2D eigenvalue weighted by Crippen LogP contribution is -2.59. The fourth-order valence-corrected chi connectivity index (χ4v) is 3.97. The summed E-state index contributed by atoms with van der Waals surface area (Å²) in [5.74, 6) is -1.81. The van der Waals surface area contributed by atoms with Gasteiger partial charge in [-0.05, 0) is 31.7 Å². The van der Waals surface area contributed by atoms with Crippen molar-refractivity contribution in [2.45, 2.75) is 64.6 Å². The molecule has 10 nitrogen and oxygen atoms in total. The van der Waals surface area contributed by atoms with E-state index in [1.54, 1.807) is 6.92 Å². The minimum Gasteiger partial charge on any atom is -0.507 e. The number of hydrogen-bond acceptors (Lipinski definition) is 8. The van der Waals surface area contributed by atoms with Crippen molar-refractivity contribution in [1.82, 2.24) is 25.9 Å². The van der Waals surface area contributed by atoms with E-state index < -0.39 is 42.9 Å². The third-order valence-corrected chi connectivity index (χ3v) is 5.71. The lowest BCUT2D eigenvalue weighted by molar-refractivity contribution is -0.139. The quantitative estimate of drug-likeness (QED) is 0.444. The number of rotatable bonds is 9. The number of carbonyl (C=O) groups excluding carboxylic acids is 3. The third-order valence-electron chi connectivity index (χ3n) is 5.71. The second-order valence-corrected chi connectivity index (χ2v) is 9.48. The summed E-state index contributed by atoms with van der Waals surface area (Å²) in [5.41, 5.74) is 0.981. The molecule has 1 aromatic carbocycles. The van der Waals surface area contributed by atoms with Gasteiger partial charge in [0.25, 0.3) is 5.91 Å². The molecule has 1 saturated heterocycles. The summed E-state index contributed by atoms with van der Waals surface area (Å²) < 4.78 is 11.5. The predicted octanol–water partition coefficient (Wildman–Crippen LogP) is 1.32. The maximum Gasteiger partial charge on any atom is 0.551 e. The minimum atomic E-state index is -0.955. The van der Waals surface area contributed by atoms with Crippen LogP contribution in [0, 0.1) is 5.92 Å². The Kier molecular flexibility index (Phi) is 9.95. The molecule has 4 atom stereocenters. The first-order valence-corrected chi connectivity index (χ1v) is 12.2. The SMILES string of the molecule is CC(C)C[C@H](NC(=O)[C@H](Cc1ccccc1)NC(=O)c1cnccn1)B1OC[C@@H](C)N[C@@H](C)C(=O)O1. The molecule has 0 bridgehead atoms. The van der Waals surface area contributed by atoms with Crippen LogP contribution in [0.1, 0.15) is 50.2 Å². The van der Waals surface area contributed by atoms with Crippen LogP contribution in [0.25, 0.3) is 0 Å². The Balaban J connectivity index is 1.81. The zero-order valence-corrected chi connectivity index (χ0v) is 21.1. The van der Waals surface area contributed by atoms with Gasteiger partial charge in [0.05, 0.1) is 12.1 Å². The summed E-state index contributed by atoms with van der Waals surface area (Å²) in [6.07, 6.45) is 4.99. The highest BCUT2D eigenvalue weighted by molar-refractivity contribution is 6.49. The van der Waals surface area contributed by atoms with E-state index in [9.17, 15) is 14.4 Å². The normalized spacial score (nSPS) is 20.0. The molecule has 0 spiro atoms.